The molecule has 0 aliphatic rings. The highest BCUT2D eigenvalue weighted by atomic mass is 32.2. The van der Waals surface area contributed by atoms with Gasteiger partial charge in [-0.1, -0.05) is 24.3 Å². The van der Waals surface area contributed by atoms with Gasteiger partial charge in [-0.2, -0.15) is 13.2 Å². The summed E-state index contributed by atoms with van der Waals surface area (Å²) in [5.41, 5.74) is 1.90. The van der Waals surface area contributed by atoms with Crippen molar-refractivity contribution in [2.24, 2.45) is 0 Å². The summed E-state index contributed by atoms with van der Waals surface area (Å²) in [7, 11) is -3.40. The largest absolute Gasteiger partial charge is 0.486 e. The van der Waals surface area contributed by atoms with E-state index in [4.69, 9.17) is 4.74 Å². The Morgan fingerprint density at radius 3 is 2.39 bits per heavy atom. The topological polar surface area (TPSA) is 72.1 Å². The quantitative estimate of drug-likeness (QED) is 0.456. The number of halogens is 3. The van der Waals surface area contributed by atoms with Gasteiger partial charge in [-0.05, 0) is 48.0 Å². The second-order valence-electron chi connectivity index (χ2n) is 6.99. The van der Waals surface area contributed by atoms with Crippen molar-refractivity contribution < 1.29 is 26.3 Å². The molecule has 0 fully saturated rings. The number of sulfone groups is 1. The second-order valence-corrected chi connectivity index (χ2v) is 8.98. The van der Waals surface area contributed by atoms with Gasteiger partial charge in [-0.25, -0.2) is 13.4 Å². The van der Waals surface area contributed by atoms with Crippen LogP contribution in [0.4, 0.5) is 13.2 Å². The first-order valence-electron chi connectivity index (χ1n) is 9.19. The standard InChI is InChI=1S/C22H17F3N2O3S/c1-31(28,29)20-5-3-2-4-17(20)14-6-11-18-19(12-14)27-21(26-18)13-30-16-9-7-15(8-10-16)22(23,24)25/h2-12H,13H2,1H3,(H,26,27). The normalized spacial score (nSPS) is 12.3. The van der Waals surface area contributed by atoms with E-state index in [-0.39, 0.29) is 17.3 Å². The van der Waals surface area contributed by atoms with E-state index < -0.39 is 21.6 Å². The molecule has 0 atom stereocenters. The number of nitrogens with zero attached hydrogens (tertiary/aromatic N) is 1. The Labute approximate surface area is 176 Å². The Morgan fingerprint density at radius 2 is 1.71 bits per heavy atom. The highest BCUT2D eigenvalue weighted by Crippen LogP contribution is 2.31. The molecule has 0 bridgehead atoms. The Morgan fingerprint density at radius 1 is 1.00 bits per heavy atom. The minimum atomic E-state index is -4.40. The number of alkyl halides is 3. The van der Waals surface area contributed by atoms with Crippen molar-refractivity contribution in [1.29, 1.82) is 0 Å². The van der Waals surface area contributed by atoms with Crippen molar-refractivity contribution in [2.75, 3.05) is 6.26 Å². The molecule has 31 heavy (non-hydrogen) atoms. The summed E-state index contributed by atoms with van der Waals surface area (Å²) < 4.78 is 67.6. The van der Waals surface area contributed by atoms with Crippen molar-refractivity contribution in [3.8, 4) is 16.9 Å². The van der Waals surface area contributed by atoms with Gasteiger partial charge in [0.2, 0.25) is 0 Å². The average Bonchev–Trinajstić information content (AvgIpc) is 3.13. The predicted octanol–water partition coefficient (Wildman–Crippen LogP) is 5.23. The first-order chi connectivity index (χ1) is 14.6. The third kappa shape index (κ3) is 4.56. The second kappa shape index (κ2) is 7.73. The van der Waals surface area contributed by atoms with Crippen molar-refractivity contribution in [3.63, 3.8) is 0 Å². The van der Waals surface area contributed by atoms with Crippen molar-refractivity contribution in [2.45, 2.75) is 17.7 Å². The first-order valence-corrected chi connectivity index (χ1v) is 11.1. The maximum atomic E-state index is 12.6. The Kier molecular flexibility index (Phi) is 5.22. The fourth-order valence-corrected chi connectivity index (χ4v) is 4.13. The molecule has 1 heterocycles. The van der Waals surface area contributed by atoms with Crippen LogP contribution in [0.3, 0.4) is 0 Å². The van der Waals surface area contributed by atoms with Crippen LogP contribution in [-0.4, -0.2) is 24.6 Å². The molecule has 4 rings (SSSR count). The zero-order valence-corrected chi connectivity index (χ0v) is 17.1. The summed E-state index contributed by atoms with van der Waals surface area (Å²) >= 11 is 0. The summed E-state index contributed by atoms with van der Waals surface area (Å²) in [6, 6.07) is 16.5. The smallest absolute Gasteiger partial charge is 0.416 e. The van der Waals surface area contributed by atoms with E-state index in [1.807, 2.05) is 0 Å². The zero-order chi connectivity index (χ0) is 22.2. The van der Waals surface area contributed by atoms with Gasteiger partial charge < -0.3 is 9.72 Å². The lowest BCUT2D eigenvalue weighted by molar-refractivity contribution is -0.137. The lowest BCUT2D eigenvalue weighted by Gasteiger charge is -2.08. The predicted molar refractivity (Wildman–Crippen MR) is 110 cm³/mol. The Balaban J connectivity index is 1.56. The molecular formula is C22H17F3N2O3S. The number of aromatic nitrogens is 2. The molecule has 160 valence electrons. The van der Waals surface area contributed by atoms with Gasteiger partial charge in [-0.3, -0.25) is 0 Å². The van der Waals surface area contributed by atoms with Crippen molar-refractivity contribution in [3.05, 3.63) is 78.1 Å². The first kappa shape index (κ1) is 20.9. The van der Waals surface area contributed by atoms with Crippen molar-refractivity contribution >= 4 is 20.9 Å². The van der Waals surface area contributed by atoms with Gasteiger partial charge in [0.15, 0.2) is 9.84 Å². The van der Waals surface area contributed by atoms with E-state index in [9.17, 15) is 21.6 Å². The maximum absolute atomic E-state index is 12.6. The summed E-state index contributed by atoms with van der Waals surface area (Å²) in [5.74, 6) is 0.777. The number of aromatic amines is 1. The van der Waals surface area contributed by atoms with E-state index in [0.29, 0.717) is 28.0 Å². The number of imidazole rings is 1. The van der Waals surface area contributed by atoms with Crippen LogP contribution in [0.5, 0.6) is 5.75 Å². The number of H-pyrrole nitrogens is 1. The van der Waals surface area contributed by atoms with Crippen LogP contribution in [0.25, 0.3) is 22.2 Å². The van der Waals surface area contributed by atoms with Gasteiger partial charge in [0.25, 0.3) is 0 Å². The molecule has 0 aliphatic carbocycles. The average molecular weight is 446 g/mol. The highest BCUT2D eigenvalue weighted by Gasteiger charge is 2.30. The Hall–Kier alpha value is -3.33. The minimum absolute atomic E-state index is 0.0370. The molecule has 5 nitrogen and oxygen atoms in total. The molecule has 0 aliphatic heterocycles. The highest BCUT2D eigenvalue weighted by molar-refractivity contribution is 7.90. The molecule has 9 heteroatoms. The van der Waals surface area contributed by atoms with Gasteiger partial charge in [0.05, 0.1) is 21.5 Å². The molecule has 0 amide bonds. The van der Waals surface area contributed by atoms with Crippen LogP contribution in [0.1, 0.15) is 11.4 Å². The fraction of sp³-hybridized carbons (Fsp3) is 0.136. The molecule has 0 radical (unpaired) electrons. The number of rotatable bonds is 5. The van der Waals surface area contributed by atoms with E-state index in [1.165, 1.54) is 12.1 Å². The lowest BCUT2D eigenvalue weighted by atomic mass is 10.1. The molecule has 3 aromatic carbocycles. The molecule has 4 aromatic rings. The molecule has 1 aromatic heterocycles. The summed E-state index contributed by atoms with van der Waals surface area (Å²) in [6.07, 6.45) is -3.23. The van der Waals surface area contributed by atoms with E-state index in [0.717, 1.165) is 18.4 Å². The van der Waals surface area contributed by atoms with Gasteiger partial charge >= 0.3 is 6.18 Å². The molecule has 0 saturated heterocycles. The third-order valence-electron chi connectivity index (χ3n) is 4.69. The van der Waals surface area contributed by atoms with Crippen LogP contribution in [-0.2, 0) is 22.6 Å². The number of fused-ring (bicyclic) bond motifs is 1. The van der Waals surface area contributed by atoms with E-state index in [1.54, 1.807) is 42.5 Å². The number of nitrogens with one attached hydrogen (secondary N) is 1. The van der Waals surface area contributed by atoms with Gasteiger partial charge in [0.1, 0.15) is 18.2 Å². The fourth-order valence-electron chi connectivity index (χ4n) is 3.22. The van der Waals surface area contributed by atoms with Crippen LogP contribution < -0.4 is 4.74 Å². The number of hydrogen-bond acceptors (Lipinski definition) is 4. The minimum Gasteiger partial charge on any atom is -0.486 e. The van der Waals surface area contributed by atoms with Crippen molar-refractivity contribution in [1.82, 2.24) is 9.97 Å². The maximum Gasteiger partial charge on any atom is 0.416 e. The summed E-state index contributed by atoms with van der Waals surface area (Å²) in [4.78, 5) is 7.75. The van der Waals surface area contributed by atoms with Gasteiger partial charge in [-0.15, -0.1) is 0 Å². The third-order valence-corrected chi connectivity index (χ3v) is 5.84. The molecule has 0 unspecified atom stereocenters. The number of benzene rings is 3. The number of ether oxygens (including phenoxy) is 1. The summed E-state index contributed by atoms with van der Waals surface area (Å²) in [5, 5.41) is 0. The van der Waals surface area contributed by atoms with Crippen LogP contribution in [0.15, 0.2) is 71.6 Å². The number of hydrogen-bond donors (Lipinski definition) is 1. The summed E-state index contributed by atoms with van der Waals surface area (Å²) in [6.45, 7) is 0.0370. The molecule has 0 saturated carbocycles. The van der Waals surface area contributed by atoms with Crippen LogP contribution in [0.2, 0.25) is 0 Å². The van der Waals surface area contributed by atoms with E-state index in [2.05, 4.69) is 9.97 Å². The monoisotopic (exact) mass is 446 g/mol. The SMILES string of the molecule is CS(=O)(=O)c1ccccc1-c1ccc2nc(COc3ccc(C(F)(F)F)cc3)[nH]c2c1. The molecule has 1 N–H and O–H groups in total. The molecular weight excluding hydrogens is 429 g/mol. The van der Waals surface area contributed by atoms with Gasteiger partial charge in [0, 0.05) is 11.8 Å². The van der Waals surface area contributed by atoms with Crippen LogP contribution in [0, 0.1) is 0 Å². The van der Waals surface area contributed by atoms with E-state index >= 15 is 0 Å². The molecule has 0 spiro atoms. The Bertz CT molecular complexity index is 1340. The zero-order valence-electron chi connectivity index (χ0n) is 16.3. The van der Waals surface area contributed by atoms with Crippen LogP contribution >= 0.6 is 0 Å². The lowest BCUT2D eigenvalue weighted by Crippen LogP contribution is -2.04.